The molecule has 126 valence electrons. The Morgan fingerprint density at radius 3 is 2.54 bits per heavy atom. The number of rotatable bonds is 5. The van der Waals surface area contributed by atoms with E-state index >= 15 is 0 Å². The minimum Gasteiger partial charge on any atom is -0.480 e. The number of hydrogen-bond donors (Lipinski definition) is 1. The molecule has 2 heterocycles. The molecule has 0 saturated carbocycles. The first-order chi connectivity index (χ1) is 11.6. The van der Waals surface area contributed by atoms with Gasteiger partial charge in [-0.1, -0.05) is 30.3 Å². The van der Waals surface area contributed by atoms with Crippen molar-refractivity contribution in [3.63, 3.8) is 0 Å². The van der Waals surface area contributed by atoms with Crippen molar-refractivity contribution in [3.8, 4) is 0 Å². The molecule has 1 aliphatic heterocycles. The van der Waals surface area contributed by atoms with Gasteiger partial charge in [0, 0.05) is 19.3 Å². The van der Waals surface area contributed by atoms with Crippen molar-refractivity contribution in [1.29, 1.82) is 0 Å². The van der Waals surface area contributed by atoms with Gasteiger partial charge in [0.05, 0.1) is 11.8 Å². The van der Waals surface area contributed by atoms with Gasteiger partial charge in [-0.2, -0.15) is 5.10 Å². The summed E-state index contributed by atoms with van der Waals surface area (Å²) in [6.07, 6.45) is 5.99. The molecular weight excluding hydrogens is 306 g/mol. The number of benzene rings is 1. The molecule has 0 spiro atoms. The Bertz CT molecular complexity index is 703. The van der Waals surface area contributed by atoms with Crippen molar-refractivity contribution in [3.05, 3.63) is 53.9 Å². The Morgan fingerprint density at radius 1 is 1.17 bits per heavy atom. The van der Waals surface area contributed by atoms with Gasteiger partial charge in [0.1, 0.15) is 6.54 Å². The fraction of sp³-hybridized carbons (Fsp3) is 0.389. The van der Waals surface area contributed by atoms with Crippen molar-refractivity contribution >= 4 is 11.9 Å². The lowest BCUT2D eigenvalue weighted by Crippen LogP contribution is -2.38. The highest BCUT2D eigenvalue weighted by atomic mass is 16.4. The van der Waals surface area contributed by atoms with E-state index in [2.05, 4.69) is 29.4 Å². The number of carboxylic acids is 1. The molecule has 0 bridgehead atoms. The summed E-state index contributed by atoms with van der Waals surface area (Å²) in [5, 5.41) is 12.7. The molecule has 1 saturated heterocycles. The van der Waals surface area contributed by atoms with Crippen molar-refractivity contribution in [2.45, 2.75) is 25.8 Å². The molecule has 3 rings (SSSR count). The van der Waals surface area contributed by atoms with Crippen LogP contribution < -0.4 is 0 Å². The fourth-order valence-corrected chi connectivity index (χ4v) is 3.17. The molecule has 1 amide bonds. The number of aromatic nitrogens is 2. The minimum absolute atomic E-state index is 0.0650. The summed E-state index contributed by atoms with van der Waals surface area (Å²) in [4.78, 5) is 25.0. The standard InChI is InChI=1S/C18H21N3O3/c22-17(23)13-21-12-16(11-19-21)18(24)20-8-6-15(7-9-20)10-14-4-2-1-3-5-14/h1-5,11-12,15H,6-10,13H2,(H,22,23). The summed E-state index contributed by atoms with van der Waals surface area (Å²) in [6.45, 7) is 1.24. The van der Waals surface area contributed by atoms with Crippen molar-refractivity contribution in [1.82, 2.24) is 14.7 Å². The van der Waals surface area contributed by atoms with Crippen LogP contribution in [0.3, 0.4) is 0 Å². The predicted octanol–water partition coefficient (Wildman–Crippen LogP) is 2.06. The second kappa shape index (κ2) is 7.29. The average Bonchev–Trinajstić information content (AvgIpc) is 3.03. The molecule has 6 nitrogen and oxygen atoms in total. The lowest BCUT2D eigenvalue weighted by molar-refractivity contribution is -0.137. The average molecular weight is 327 g/mol. The topological polar surface area (TPSA) is 75.4 Å². The van der Waals surface area contributed by atoms with Crippen LogP contribution >= 0.6 is 0 Å². The fourth-order valence-electron chi connectivity index (χ4n) is 3.17. The molecule has 6 heteroatoms. The van der Waals surface area contributed by atoms with Gasteiger partial charge < -0.3 is 10.0 Å². The highest BCUT2D eigenvalue weighted by Crippen LogP contribution is 2.22. The van der Waals surface area contributed by atoms with E-state index < -0.39 is 5.97 Å². The highest BCUT2D eigenvalue weighted by molar-refractivity contribution is 5.93. The normalized spacial score (nSPS) is 15.4. The number of carbonyl (C=O) groups is 2. The number of aliphatic carboxylic acids is 1. The van der Waals surface area contributed by atoms with E-state index in [0.717, 1.165) is 32.4 Å². The first-order valence-corrected chi connectivity index (χ1v) is 8.19. The first-order valence-electron chi connectivity index (χ1n) is 8.19. The molecule has 1 aliphatic rings. The van der Waals surface area contributed by atoms with E-state index in [9.17, 15) is 9.59 Å². The zero-order valence-electron chi connectivity index (χ0n) is 13.5. The lowest BCUT2D eigenvalue weighted by Gasteiger charge is -2.31. The van der Waals surface area contributed by atoms with Gasteiger partial charge in [0.2, 0.25) is 0 Å². The molecule has 0 aliphatic carbocycles. The molecule has 1 fully saturated rings. The van der Waals surface area contributed by atoms with Crippen LogP contribution in [0.1, 0.15) is 28.8 Å². The number of hydrogen-bond acceptors (Lipinski definition) is 3. The molecule has 2 aromatic rings. The zero-order chi connectivity index (χ0) is 16.9. The maximum Gasteiger partial charge on any atom is 0.325 e. The molecule has 0 atom stereocenters. The van der Waals surface area contributed by atoms with Gasteiger partial charge >= 0.3 is 5.97 Å². The summed E-state index contributed by atoms with van der Waals surface area (Å²) < 4.78 is 1.28. The van der Waals surface area contributed by atoms with E-state index in [1.807, 2.05) is 11.0 Å². The number of piperidine rings is 1. The summed E-state index contributed by atoms with van der Waals surface area (Å²) in [6, 6.07) is 10.4. The summed E-state index contributed by atoms with van der Waals surface area (Å²) in [5.74, 6) is -0.435. The molecular formula is C18H21N3O3. The van der Waals surface area contributed by atoms with Crippen molar-refractivity contribution in [2.24, 2.45) is 5.92 Å². The van der Waals surface area contributed by atoms with Crippen LogP contribution in [0, 0.1) is 5.92 Å². The predicted molar refractivity (Wildman–Crippen MR) is 88.6 cm³/mol. The Kier molecular flexibility index (Phi) is 4.93. The second-order valence-corrected chi connectivity index (χ2v) is 6.25. The number of nitrogens with zero attached hydrogens (tertiary/aromatic N) is 3. The molecule has 1 aromatic heterocycles. The SMILES string of the molecule is O=C(O)Cn1cc(C(=O)N2CCC(Cc3ccccc3)CC2)cn1. The monoisotopic (exact) mass is 327 g/mol. The van der Waals surface area contributed by atoms with Crippen LogP contribution in [0.4, 0.5) is 0 Å². The Morgan fingerprint density at radius 2 is 1.88 bits per heavy atom. The molecule has 24 heavy (non-hydrogen) atoms. The van der Waals surface area contributed by atoms with Gasteiger partial charge in [-0.25, -0.2) is 0 Å². The summed E-state index contributed by atoms with van der Waals surface area (Å²) >= 11 is 0. The first kappa shape index (κ1) is 16.2. The van der Waals surface area contributed by atoms with Crippen LogP contribution in [0.25, 0.3) is 0 Å². The van der Waals surface area contributed by atoms with E-state index in [-0.39, 0.29) is 12.5 Å². The van der Waals surface area contributed by atoms with Crippen LogP contribution in [-0.4, -0.2) is 44.8 Å². The molecule has 0 unspecified atom stereocenters. The van der Waals surface area contributed by atoms with E-state index in [4.69, 9.17) is 5.11 Å². The van der Waals surface area contributed by atoms with Crippen molar-refractivity contribution in [2.75, 3.05) is 13.1 Å². The lowest BCUT2D eigenvalue weighted by atomic mass is 9.90. The van der Waals surface area contributed by atoms with Gasteiger partial charge in [-0.3, -0.25) is 14.3 Å². The Labute approximate surface area is 140 Å². The third-order valence-electron chi connectivity index (χ3n) is 4.45. The zero-order valence-corrected chi connectivity index (χ0v) is 13.5. The highest BCUT2D eigenvalue weighted by Gasteiger charge is 2.24. The Balaban J connectivity index is 1.53. The Hall–Kier alpha value is -2.63. The van der Waals surface area contributed by atoms with Crippen LogP contribution in [0.15, 0.2) is 42.7 Å². The van der Waals surface area contributed by atoms with Gasteiger partial charge in [-0.05, 0) is 30.7 Å². The maximum absolute atomic E-state index is 12.5. The summed E-state index contributed by atoms with van der Waals surface area (Å²) in [5.41, 5.74) is 1.80. The third-order valence-corrected chi connectivity index (χ3v) is 4.45. The van der Waals surface area contributed by atoms with Gasteiger partial charge in [0.25, 0.3) is 5.91 Å². The van der Waals surface area contributed by atoms with Crippen molar-refractivity contribution < 1.29 is 14.7 Å². The molecule has 0 radical (unpaired) electrons. The van der Waals surface area contributed by atoms with Gasteiger partial charge in [-0.15, -0.1) is 0 Å². The smallest absolute Gasteiger partial charge is 0.325 e. The van der Waals surface area contributed by atoms with E-state index in [1.165, 1.54) is 22.6 Å². The molecule has 1 N–H and O–H groups in total. The largest absolute Gasteiger partial charge is 0.480 e. The van der Waals surface area contributed by atoms with Gasteiger partial charge in [0.15, 0.2) is 0 Å². The number of carboxylic acid groups (broad SMARTS) is 1. The van der Waals surface area contributed by atoms with Crippen LogP contribution in [0.5, 0.6) is 0 Å². The quantitative estimate of drug-likeness (QED) is 0.912. The maximum atomic E-state index is 12.5. The number of likely N-dealkylation sites (tertiary alicyclic amines) is 1. The third kappa shape index (κ3) is 4.01. The van der Waals surface area contributed by atoms with Crippen LogP contribution in [0.2, 0.25) is 0 Å². The van der Waals surface area contributed by atoms with E-state index in [1.54, 1.807) is 0 Å². The summed E-state index contributed by atoms with van der Waals surface area (Å²) in [7, 11) is 0. The van der Waals surface area contributed by atoms with E-state index in [0.29, 0.717) is 11.5 Å². The minimum atomic E-state index is -0.973. The molecule has 1 aromatic carbocycles. The van der Waals surface area contributed by atoms with Crippen LogP contribution in [-0.2, 0) is 17.8 Å². The second-order valence-electron chi connectivity index (χ2n) is 6.25. The number of amides is 1. The number of carbonyl (C=O) groups excluding carboxylic acids is 1.